The molecule has 1 heterocycles. The van der Waals surface area contributed by atoms with Gasteiger partial charge in [-0.2, -0.15) is 0 Å². The number of ether oxygens (including phenoxy) is 1. The number of nitrogens with zero attached hydrogens (tertiary/aromatic N) is 1. The minimum absolute atomic E-state index is 0.0501. The first-order chi connectivity index (χ1) is 8.56. The van der Waals surface area contributed by atoms with Crippen LogP contribution < -0.4 is 4.74 Å². The van der Waals surface area contributed by atoms with E-state index in [2.05, 4.69) is 4.98 Å². The minimum atomic E-state index is -1.15. The molecule has 2 aromatic rings. The first kappa shape index (κ1) is 12.3. The van der Waals surface area contributed by atoms with Crippen LogP contribution in [0.5, 0.6) is 11.6 Å². The second kappa shape index (κ2) is 5.01. The number of hydrogen-bond acceptors (Lipinski definition) is 3. The fraction of sp³-hybridized carbons (Fsp3) is 0. The maximum atomic E-state index is 12.7. The van der Waals surface area contributed by atoms with Gasteiger partial charge >= 0.3 is 5.97 Å². The van der Waals surface area contributed by atoms with E-state index in [0.29, 0.717) is 5.02 Å². The van der Waals surface area contributed by atoms with Gasteiger partial charge in [0.25, 0.3) is 0 Å². The summed E-state index contributed by atoms with van der Waals surface area (Å²) in [6.45, 7) is 0. The molecule has 0 spiro atoms. The normalized spacial score (nSPS) is 10.1. The summed E-state index contributed by atoms with van der Waals surface area (Å²) >= 11 is 5.76. The van der Waals surface area contributed by atoms with E-state index in [4.69, 9.17) is 21.4 Å². The lowest BCUT2D eigenvalue weighted by Crippen LogP contribution is -2.00. The zero-order valence-corrected chi connectivity index (χ0v) is 9.69. The predicted molar refractivity (Wildman–Crippen MR) is 62.7 cm³/mol. The van der Waals surface area contributed by atoms with Crippen LogP contribution in [-0.4, -0.2) is 16.1 Å². The van der Waals surface area contributed by atoms with Gasteiger partial charge in [0.15, 0.2) is 0 Å². The largest absolute Gasteiger partial charge is 0.478 e. The maximum Gasteiger partial charge on any atom is 0.339 e. The van der Waals surface area contributed by atoms with Crippen LogP contribution in [0.3, 0.4) is 0 Å². The van der Waals surface area contributed by atoms with Crippen molar-refractivity contribution < 1.29 is 19.0 Å². The van der Waals surface area contributed by atoms with Crippen molar-refractivity contribution in [1.82, 2.24) is 4.98 Å². The Hall–Kier alpha value is -2.14. The number of carboxylic acids is 1. The molecule has 0 amide bonds. The van der Waals surface area contributed by atoms with Gasteiger partial charge in [-0.3, -0.25) is 0 Å². The summed E-state index contributed by atoms with van der Waals surface area (Å²) in [5, 5.41) is 9.31. The average molecular weight is 268 g/mol. The van der Waals surface area contributed by atoms with Crippen molar-refractivity contribution in [1.29, 1.82) is 0 Å². The Balaban J connectivity index is 2.35. The molecule has 0 radical (unpaired) electrons. The van der Waals surface area contributed by atoms with Gasteiger partial charge in [-0.05, 0) is 18.2 Å². The number of pyridine rings is 1. The molecule has 92 valence electrons. The second-order valence-corrected chi connectivity index (χ2v) is 3.80. The highest BCUT2D eigenvalue weighted by Gasteiger charge is 2.13. The lowest BCUT2D eigenvalue weighted by atomic mass is 10.2. The van der Waals surface area contributed by atoms with Gasteiger partial charge in [-0.15, -0.1) is 0 Å². The molecule has 6 heteroatoms. The SMILES string of the molecule is O=C(O)c1ccc(Cl)cc1Oc1ccc(F)cn1. The second-order valence-electron chi connectivity index (χ2n) is 3.36. The number of aromatic carboxylic acids is 1. The van der Waals surface area contributed by atoms with Crippen LogP contribution in [0, 0.1) is 5.82 Å². The Morgan fingerprint density at radius 1 is 1.33 bits per heavy atom. The molecule has 0 saturated heterocycles. The number of carboxylic acid groups (broad SMARTS) is 1. The molecule has 0 aliphatic carbocycles. The van der Waals surface area contributed by atoms with Crippen molar-refractivity contribution in [2.24, 2.45) is 0 Å². The van der Waals surface area contributed by atoms with Crippen molar-refractivity contribution in [3.05, 3.63) is 52.9 Å². The monoisotopic (exact) mass is 267 g/mol. The fourth-order valence-electron chi connectivity index (χ4n) is 1.29. The molecule has 18 heavy (non-hydrogen) atoms. The van der Waals surface area contributed by atoms with Gasteiger partial charge in [-0.1, -0.05) is 11.6 Å². The summed E-state index contributed by atoms with van der Waals surface area (Å²) in [5.74, 6) is -1.52. The Labute approximate surface area is 107 Å². The van der Waals surface area contributed by atoms with E-state index in [1.54, 1.807) is 0 Å². The molecular formula is C12H7ClFNO3. The van der Waals surface area contributed by atoms with E-state index in [1.807, 2.05) is 0 Å². The molecular weight excluding hydrogens is 261 g/mol. The first-order valence-corrected chi connectivity index (χ1v) is 5.26. The molecule has 1 aromatic carbocycles. The number of aromatic nitrogens is 1. The topological polar surface area (TPSA) is 59.4 Å². The number of carbonyl (C=O) groups is 1. The Morgan fingerprint density at radius 2 is 2.11 bits per heavy atom. The summed E-state index contributed by atoms with van der Waals surface area (Å²) in [4.78, 5) is 14.6. The zero-order valence-electron chi connectivity index (χ0n) is 8.93. The van der Waals surface area contributed by atoms with Crippen molar-refractivity contribution in [2.75, 3.05) is 0 Å². The van der Waals surface area contributed by atoms with Crippen molar-refractivity contribution in [2.45, 2.75) is 0 Å². The highest BCUT2D eigenvalue weighted by molar-refractivity contribution is 6.30. The average Bonchev–Trinajstić information content (AvgIpc) is 2.32. The van der Waals surface area contributed by atoms with Gasteiger partial charge in [0.2, 0.25) is 5.88 Å². The smallest absolute Gasteiger partial charge is 0.339 e. The molecule has 2 rings (SSSR count). The first-order valence-electron chi connectivity index (χ1n) is 4.88. The van der Waals surface area contributed by atoms with Crippen LogP contribution in [0.15, 0.2) is 36.5 Å². The van der Waals surface area contributed by atoms with E-state index < -0.39 is 11.8 Å². The van der Waals surface area contributed by atoms with Gasteiger partial charge in [-0.25, -0.2) is 14.2 Å². The number of rotatable bonds is 3. The van der Waals surface area contributed by atoms with Gasteiger partial charge in [0, 0.05) is 17.2 Å². The van der Waals surface area contributed by atoms with E-state index >= 15 is 0 Å². The van der Waals surface area contributed by atoms with Crippen LogP contribution >= 0.6 is 11.6 Å². The number of hydrogen-bond donors (Lipinski definition) is 1. The molecule has 0 saturated carbocycles. The van der Waals surface area contributed by atoms with Crippen LogP contribution in [0.25, 0.3) is 0 Å². The third-order valence-corrected chi connectivity index (χ3v) is 2.32. The summed E-state index contributed by atoms with van der Waals surface area (Å²) < 4.78 is 17.9. The van der Waals surface area contributed by atoms with Crippen LogP contribution in [0.2, 0.25) is 5.02 Å². The quantitative estimate of drug-likeness (QED) is 0.926. The minimum Gasteiger partial charge on any atom is -0.478 e. The molecule has 0 atom stereocenters. The van der Waals surface area contributed by atoms with Crippen molar-refractivity contribution in [3.8, 4) is 11.6 Å². The van der Waals surface area contributed by atoms with E-state index in [0.717, 1.165) is 12.3 Å². The number of halogens is 2. The highest BCUT2D eigenvalue weighted by atomic mass is 35.5. The zero-order chi connectivity index (χ0) is 13.1. The molecule has 0 fully saturated rings. The summed E-state index contributed by atoms with van der Waals surface area (Å²) in [7, 11) is 0. The van der Waals surface area contributed by atoms with E-state index in [9.17, 15) is 9.18 Å². The highest BCUT2D eigenvalue weighted by Crippen LogP contribution is 2.27. The van der Waals surface area contributed by atoms with E-state index in [-0.39, 0.29) is 17.2 Å². The lowest BCUT2D eigenvalue weighted by Gasteiger charge is -2.07. The third-order valence-electron chi connectivity index (χ3n) is 2.09. The predicted octanol–water partition coefficient (Wildman–Crippen LogP) is 3.36. The van der Waals surface area contributed by atoms with Crippen molar-refractivity contribution in [3.63, 3.8) is 0 Å². The number of benzene rings is 1. The lowest BCUT2D eigenvalue weighted by molar-refractivity contribution is 0.0694. The molecule has 4 nitrogen and oxygen atoms in total. The van der Waals surface area contributed by atoms with Gasteiger partial charge < -0.3 is 9.84 Å². The van der Waals surface area contributed by atoms with Crippen molar-refractivity contribution >= 4 is 17.6 Å². The Kier molecular flexibility index (Phi) is 3.43. The van der Waals surface area contributed by atoms with Gasteiger partial charge in [0.05, 0.1) is 6.20 Å². The molecule has 0 aliphatic heterocycles. The third kappa shape index (κ3) is 2.75. The molecule has 1 N–H and O–H groups in total. The maximum absolute atomic E-state index is 12.7. The van der Waals surface area contributed by atoms with Crippen LogP contribution in [0.4, 0.5) is 4.39 Å². The summed E-state index contributed by atoms with van der Waals surface area (Å²) in [6.07, 6.45) is 0.973. The molecule has 0 bridgehead atoms. The van der Waals surface area contributed by atoms with E-state index in [1.165, 1.54) is 24.3 Å². The summed E-state index contributed by atoms with van der Waals surface area (Å²) in [5.41, 5.74) is -0.0504. The summed E-state index contributed by atoms with van der Waals surface area (Å²) in [6, 6.07) is 6.57. The Morgan fingerprint density at radius 3 is 2.72 bits per heavy atom. The van der Waals surface area contributed by atoms with Gasteiger partial charge in [0.1, 0.15) is 17.1 Å². The Bertz CT molecular complexity index is 586. The standard InChI is InChI=1S/C12H7ClFNO3/c13-7-1-3-9(12(16)17)10(5-7)18-11-4-2-8(14)6-15-11/h1-6H,(H,16,17). The molecule has 0 aliphatic rings. The van der Waals surface area contributed by atoms with Crippen LogP contribution in [-0.2, 0) is 0 Å². The molecule has 1 aromatic heterocycles. The fourth-order valence-corrected chi connectivity index (χ4v) is 1.45. The van der Waals surface area contributed by atoms with Crippen LogP contribution in [0.1, 0.15) is 10.4 Å². The molecule has 0 unspecified atom stereocenters.